The predicted octanol–water partition coefficient (Wildman–Crippen LogP) is 2.02. The lowest BCUT2D eigenvalue weighted by Gasteiger charge is -2.34. The summed E-state index contributed by atoms with van der Waals surface area (Å²) < 4.78 is 0. The third-order valence-corrected chi connectivity index (χ3v) is 3.82. The van der Waals surface area contributed by atoms with Crippen molar-refractivity contribution in [2.75, 3.05) is 13.1 Å². The maximum absolute atomic E-state index is 12.0. The second-order valence-corrected chi connectivity index (χ2v) is 4.88. The Morgan fingerprint density at radius 3 is 2.25 bits per heavy atom. The zero-order valence-corrected chi connectivity index (χ0v) is 11.1. The van der Waals surface area contributed by atoms with Gasteiger partial charge in [-0.2, -0.15) is 0 Å². The fraction of sp³-hybridized carbons (Fsp3) is 0.923. The maximum atomic E-state index is 12.0. The van der Waals surface area contributed by atoms with Gasteiger partial charge in [-0.25, -0.2) is 0 Å². The summed E-state index contributed by atoms with van der Waals surface area (Å²) in [7, 11) is 0. The molecule has 0 aromatic heterocycles. The molecule has 1 amide bonds. The number of nitrogens with zero attached hydrogens (tertiary/aromatic N) is 1. The van der Waals surface area contributed by atoms with Gasteiger partial charge in [-0.3, -0.25) is 4.79 Å². The molecule has 3 nitrogen and oxygen atoms in total. The summed E-state index contributed by atoms with van der Waals surface area (Å²) in [5.74, 6) is 1.02. The summed E-state index contributed by atoms with van der Waals surface area (Å²) in [6.45, 7) is 9.86. The Labute approximate surface area is 99.6 Å². The van der Waals surface area contributed by atoms with Gasteiger partial charge in [0.25, 0.3) is 0 Å². The van der Waals surface area contributed by atoms with E-state index in [0.717, 1.165) is 19.0 Å². The normalized spacial score (nSPS) is 20.0. The first-order valence-electron chi connectivity index (χ1n) is 6.64. The molecule has 1 aliphatic rings. The van der Waals surface area contributed by atoms with Crippen LogP contribution in [-0.4, -0.2) is 36.0 Å². The molecular formula is C13H26N2O. The van der Waals surface area contributed by atoms with E-state index in [1.165, 1.54) is 19.3 Å². The van der Waals surface area contributed by atoms with Gasteiger partial charge < -0.3 is 10.2 Å². The van der Waals surface area contributed by atoms with Crippen molar-refractivity contribution in [3.63, 3.8) is 0 Å². The number of hydrogen-bond donors (Lipinski definition) is 1. The predicted molar refractivity (Wildman–Crippen MR) is 67.3 cm³/mol. The van der Waals surface area contributed by atoms with Gasteiger partial charge in [0.05, 0.1) is 6.04 Å². The molecule has 94 valence electrons. The molecule has 16 heavy (non-hydrogen) atoms. The van der Waals surface area contributed by atoms with E-state index in [1.807, 2.05) is 25.7 Å². The van der Waals surface area contributed by atoms with Crippen LogP contribution in [0.2, 0.25) is 0 Å². The molecule has 0 aromatic rings. The van der Waals surface area contributed by atoms with Gasteiger partial charge >= 0.3 is 0 Å². The second-order valence-electron chi connectivity index (χ2n) is 4.88. The molecule has 0 aromatic carbocycles. The van der Waals surface area contributed by atoms with Crippen LogP contribution in [0.4, 0.5) is 0 Å². The standard InChI is InChI=1S/C13H26N2O/c1-5-15(6-2)13(16)11(4)14-10(3)12-8-7-9-12/h10-12,14H,5-9H2,1-4H3. The van der Waals surface area contributed by atoms with Gasteiger partial charge in [0, 0.05) is 19.1 Å². The highest BCUT2D eigenvalue weighted by atomic mass is 16.2. The van der Waals surface area contributed by atoms with Gasteiger partial charge in [-0.05, 0) is 46.5 Å². The molecule has 1 fully saturated rings. The molecule has 2 atom stereocenters. The smallest absolute Gasteiger partial charge is 0.239 e. The third kappa shape index (κ3) is 3.21. The number of carbonyl (C=O) groups excluding carboxylic acids is 1. The average molecular weight is 226 g/mol. The first kappa shape index (κ1) is 13.5. The molecule has 3 heteroatoms. The van der Waals surface area contributed by atoms with Crippen molar-refractivity contribution >= 4 is 5.91 Å². The first-order chi connectivity index (χ1) is 7.60. The minimum atomic E-state index is -0.0458. The van der Waals surface area contributed by atoms with Crippen LogP contribution < -0.4 is 5.32 Å². The Bertz CT molecular complexity index is 222. The van der Waals surface area contributed by atoms with E-state index in [1.54, 1.807) is 0 Å². The summed E-state index contributed by atoms with van der Waals surface area (Å²) in [4.78, 5) is 13.9. The van der Waals surface area contributed by atoms with E-state index in [9.17, 15) is 4.79 Å². The lowest BCUT2D eigenvalue weighted by atomic mass is 9.80. The highest BCUT2D eigenvalue weighted by molar-refractivity contribution is 5.81. The lowest BCUT2D eigenvalue weighted by Crippen LogP contribution is -2.50. The van der Waals surface area contributed by atoms with Crippen molar-refractivity contribution in [3.05, 3.63) is 0 Å². The summed E-state index contributed by atoms with van der Waals surface area (Å²) in [5, 5.41) is 3.44. The third-order valence-electron chi connectivity index (χ3n) is 3.82. The molecule has 1 rings (SSSR count). The number of nitrogens with one attached hydrogen (secondary N) is 1. The summed E-state index contributed by atoms with van der Waals surface area (Å²) in [5.41, 5.74) is 0. The van der Waals surface area contributed by atoms with Crippen molar-refractivity contribution in [3.8, 4) is 0 Å². The van der Waals surface area contributed by atoms with Crippen LogP contribution >= 0.6 is 0 Å². The largest absolute Gasteiger partial charge is 0.342 e. The Balaban J connectivity index is 2.37. The van der Waals surface area contributed by atoms with Crippen LogP contribution in [0.25, 0.3) is 0 Å². The zero-order chi connectivity index (χ0) is 12.1. The Morgan fingerprint density at radius 1 is 1.31 bits per heavy atom. The van der Waals surface area contributed by atoms with E-state index in [2.05, 4.69) is 12.2 Å². The van der Waals surface area contributed by atoms with E-state index >= 15 is 0 Å². The topological polar surface area (TPSA) is 32.3 Å². The molecule has 0 saturated heterocycles. The molecule has 1 saturated carbocycles. The quantitative estimate of drug-likeness (QED) is 0.751. The fourth-order valence-corrected chi connectivity index (χ4v) is 2.35. The van der Waals surface area contributed by atoms with Crippen LogP contribution in [0, 0.1) is 5.92 Å². The zero-order valence-electron chi connectivity index (χ0n) is 11.1. The monoisotopic (exact) mass is 226 g/mol. The highest BCUT2D eigenvalue weighted by Gasteiger charge is 2.27. The fourth-order valence-electron chi connectivity index (χ4n) is 2.35. The maximum Gasteiger partial charge on any atom is 0.239 e. The average Bonchev–Trinajstić information content (AvgIpc) is 2.16. The van der Waals surface area contributed by atoms with Gasteiger partial charge in [0.1, 0.15) is 0 Å². The van der Waals surface area contributed by atoms with E-state index < -0.39 is 0 Å². The van der Waals surface area contributed by atoms with Crippen molar-refractivity contribution < 1.29 is 4.79 Å². The van der Waals surface area contributed by atoms with Crippen LogP contribution in [0.3, 0.4) is 0 Å². The molecule has 0 spiro atoms. The molecule has 1 N–H and O–H groups in total. The van der Waals surface area contributed by atoms with Crippen LogP contribution in [0.5, 0.6) is 0 Å². The minimum absolute atomic E-state index is 0.0458. The summed E-state index contributed by atoms with van der Waals surface area (Å²) >= 11 is 0. The van der Waals surface area contributed by atoms with Gasteiger partial charge in [0.15, 0.2) is 0 Å². The Kier molecular flexibility index (Phi) is 5.26. The van der Waals surface area contributed by atoms with Gasteiger partial charge in [0.2, 0.25) is 5.91 Å². The van der Waals surface area contributed by atoms with Crippen LogP contribution in [-0.2, 0) is 4.79 Å². The lowest BCUT2D eigenvalue weighted by molar-refractivity contribution is -0.133. The number of hydrogen-bond acceptors (Lipinski definition) is 2. The van der Waals surface area contributed by atoms with Crippen molar-refractivity contribution in [2.45, 2.75) is 59.0 Å². The number of rotatable bonds is 6. The second kappa shape index (κ2) is 6.24. The molecule has 0 aliphatic heterocycles. The molecule has 1 aliphatic carbocycles. The van der Waals surface area contributed by atoms with Crippen LogP contribution in [0.15, 0.2) is 0 Å². The number of likely N-dealkylation sites (N-methyl/N-ethyl adjacent to an activating group) is 1. The number of carbonyl (C=O) groups is 1. The number of amides is 1. The minimum Gasteiger partial charge on any atom is -0.342 e. The van der Waals surface area contributed by atoms with Gasteiger partial charge in [-0.15, -0.1) is 0 Å². The van der Waals surface area contributed by atoms with Crippen LogP contribution in [0.1, 0.15) is 47.0 Å². The molecule has 2 unspecified atom stereocenters. The Hall–Kier alpha value is -0.570. The molecule has 0 bridgehead atoms. The first-order valence-corrected chi connectivity index (χ1v) is 6.64. The van der Waals surface area contributed by atoms with Crippen molar-refractivity contribution in [1.29, 1.82) is 0 Å². The summed E-state index contributed by atoms with van der Waals surface area (Å²) in [6.07, 6.45) is 4.00. The van der Waals surface area contributed by atoms with Crippen molar-refractivity contribution in [1.82, 2.24) is 10.2 Å². The van der Waals surface area contributed by atoms with E-state index in [4.69, 9.17) is 0 Å². The van der Waals surface area contributed by atoms with Crippen molar-refractivity contribution in [2.24, 2.45) is 5.92 Å². The molecule has 0 heterocycles. The SMILES string of the molecule is CCN(CC)C(=O)C(C)NC(C)C1CCC1. The van der Waals surface area contributed by atoms with E-state index in [0.29, 0.717) is 6.04 Å². The molecular weight excluding hydrogens is 200 g/mol. The highest BCUT2D eigenvalue weighted by Crippen LogP contribution is 2.29. The van der Waals surface area contributed by atoms with E-state index in [-0.39, 0.29) is 11.9 Å². The summed E-state index contributed by atoms with van der Waals surface area (Å²) in [6, 6.07) is 0.429. The molecule has 0 radical (unpaired) electrons. The van der Waals surface area contributed by atoms with Gasteiger partial charge in [-0.1, -0.05) is 6.42 Å². The Morgan fingerprint density at radius 2 is 1.88 bits per heavy atom.